The Hall–Kier alpha value is -2.07. The van der Waals surface area contributed by atoms with Gasteiger partial charge in [0, 0.05) is 10.6 Å². The molecule has 0 amide bonds. The summed E-state index contributed by atoms with van der Waals surface area (Å²) in [5, 5.41) is 8.47. The molecule has 1 heterocycles. The second-order valence-corrected chi connectivity index (χ2v) is 5.58. The van der Waals surface area contributed by atoms with Crippen molar-refractivity contribution in [1.29, 1.82) is 0 Å². The minimum Gasteiger partial charge on any atom is -0.157 e. The maximum Gasteiger partial charge on any atom is 0.0994 e. The molecule has 100 valence electrons. The van der Waals surface area contributed by atoms with Gasteiger partial charge in [0.2, 0.25) is 0 Å². The van der Waals surface area contributed by atoms with Crippen LogP contribution in [0, 0.1) is 6.92 Å². The maximum absolute atomic E-state index is 4.24. The fourth-order valence-corrected chi connectivity index (χ4v) is 2.95. The zero-order valence-electron chi connectivity index (χ0n) is 11.2. The molecule has 0 aliphatic carbocycles. The van der Waals surface area contributed by atoms with E-state index in [0.29, 0.717) is 0 Å². The molecule has 0 saturated carbocycles. The van der Waals surface area contributed by atoms with Gasteiger partial charge in [0.05, 0.1) is 18.1 Å². The lowest BCUT2D eigenvalue weighted by Crippen LogP contribution is -2.01. The zero-order valence-corrected chi connectivity index (χ0v) is 12.0. The first-order valence-corrected chi connectivity index (χ1v) is 7.45. The molecule has 0 spiro atoms. The van der Waals surface area contributed by atoms with Crippen LogP contribution in [0.1, 0.15) is 11.1 Å². The van der Waals surface area contributed by atoms with E-state index in [1.54, 1.807) is 29.0 Å². The van der Waals surface area contributed by atoms with E-state index in [1.165, 1.54) is 16.0 Å². The van der Waals surface area contributed by atoms with Crippen LogP contribution in [0.4, 0.5) is 0 Å². The molecule has 0 aliphatic heterocycles. The molecule has 0 N–H and O–H groups in total. The van der Waals surface area contributed by atoms with Gasteiger partial charge in [-0.1, -0.05) is 36.4 Å². The molecule has 3 nitrogen and oxygen atoms in total. The Balaban J connectivity index is 1.86. The lowest BCUT2D eigenvalue weighted by atomic mass is 10.2. The summed E-state index contributed by atoms with van der Waals surface area (Å²) in [6, 6.07) is 16.9. The smallest absolute Gasteiger partial charge is 0.0994 e. The van der Waals surface area contributed by atoms with Gasteiger partial charge in [0.15, 0.2) is 0 Å². The first kappa shape index (κ1) is 12.9. The molecule has 0 radical (unpaired) electrons. The highest BCUT2D eigenvalue weighted by atomic mass is 32.2. The van der Waals surface area contributed by atoms with Crippen LogP contribution in [0.25, 0.3) is 5.69 Å². The van der Waals surface area contributed by atoms with Crippen molar-refractivity contribution in [1.82, 2.24) is 15.0 Å². The summed E-state index contributed by atoms with van der Waals surface area (Å²) in [7, 11) is 0. The van der Waals surface area contributed by atoms with Crippen LogP contribution in [0.3, 0.4) is 0 Å². The van der Waals surface area contributed by atoms with Crippen molar-refractivity contribution >= 4 is 11.8 Å². The van der Waals surface area contributed by atoms with Crippen molar-refractivity contribution in [3.63, 3.8) is 0 Å². The number of thioether (sulfide) groups is 1. The van der Waals surface area contributed by atoms with Crippen LogP contribution >= 0.6 is 11.8 Å². The van der Waals surface area contributed by atoms with Crippen molar-refractivity contribution in [2.45, 2.75) is 17.6 Å². The predicted octanol–water partition coefficient (Wildman–Crippen LogP) is 3.87. The van der Waals surface area contributed by atoms with Gasteiger partial charge in [0.1, 0.15) is 0 Å². The SMILES string of the molecule is Cc1ccc(SCc2ccccc2)c(-n2nccn2)c1. The van der Waals surface area contributed by atoms with E-state index >= 15 is 0 Å². The van der Waals surface area contributed by atoms with E-state index < -0.39 is 0 Å². The highest BCUT2D eigenvalue weighted by Crippen LogP contribution is 2.28. The van der Waals surface area contributed by atoms with E-state index in [1.807, 2.05) is 6.07 Å². The number of hydrogen-bond donors (Lipinski definition) is 0. The Labute approximate surface area is 122 Å². The summed E-state index contributed by atoms with van der Waals surface area (Å²) in [6.45, 7) is 2.08. The number of hydrogen-bond acceptors (Lipinski definition) is 3. The topological polar surface area (TPSA) is 30.7 Å². The summed E-state index contributed by atoms with van der Waals surface area (Å²) in [5.74, 6) is 0.943. The Morgan fingerprint density at radius 2 is 1.75 bits per heavy atom. The summed E-state index contributed by atoms with van der Waals surface area (Å²) in [5.41, 5.74) is 3.56. The van der Waals surface area contributed by atoms with Crippen LogP contribution < -0.4 is 0 Å². The number of rotatable bonds is 4. The van der Waals surface area contributed by atoms with Crippen molar-refractivity contribution in [2.24, 2.45) is 0 Å². The molecular formula is C16H15N3S. The fraction of sp³-hybridized carbons (Fsp3) is 0.125. The Morgan fingerprint density at radius 1 is 1.00 bits per heavy atom. The number of nitrogens with zero attached hydrogens (tertiary/aromatic N) is 3. The van der Waals surface area contributed by atoms with Crippen molar-refractivity contribution in [3.05, 3.63) is 72.1 Å². The first-order valence-electron chi connectivity index (χ1n) is 6.47. The van der Waals surface area contributed by atoms with Crippen molar-refractivity contribution < 1.29 is 0 Å². The van der Waals surface area contributed by atoms with Gasteiger partial charge in [-0.2, -0.15) is 15.0 Å². The average molecular weight is 281 g/mol. The number of aryl methyl sites for hydroxylation is 1. The molecule has 0 saturated heterocycles. The minimum atomic E-state index is 0.943. The zero-order chi connectivity index (χ0) is 13.8. The highest BCUT2D eigenvalue weighted by Gasteiger charge is 2.07. The predicted molar refractivity (Wildman–Crippen MR) is 82.1 cm³/mol. The lowest BCUT2D eigenvalue weighted by molar-refractivity contribution is 0.738. The van der Waals surface area contributed by atoms with Gasteiger partial charge in [-0.15, -0.1) is 11.8 Å². The van der Waals surface area contributed by atoms with Gasteiger partial charge in [0.25, 0.3) is 0 Å². The Bertz CT molecular complexity index is 678. The third-order valence-electron chi connectivity index (χ3n) is 2.99. The lowest BCUT2D eigenvalue weighted by Gasteiger charge is -2.09. The number of aromatic nitrogens is 3. The summed E-state index contributed by atoms with van der Waals surface area (Å²) >= 11 is 1.81. The fourth-order valence-electron chi connectivity index (χ4n) is 1.98. The molecule has 0 bridgehead atoms. The van der Waals surface area contributed by atoms with Gasteiger partial charge < -0.3 is 0 Å². The van der Waals surface area contributed by atoms with Crippen molar-refractivity contribution in [3.8, 4) is 5.69 Å². The normalized spacial score (nSPS) is 10.7. The molecule has 3 rings (SSSR count). The molecule has 20 heavy (non-hydrogen) atoms. The summed E-state index contributed by atoms with van der Waals surface area (Å²) in [6.07, 6.45) is 3.40. The van der Waals surface area contributed by atoms with E-state index in [-0.39, 0.29) is 0 Å². The molecule has 0 aliphatic rings. The van der Waals surface area contributed by atoms with Gasteiger partial charge >= 0.3 is 0 Å². The molecule has 0 fully saturated rings. The van der Waals surface area contributed by atoms with Crippen molar-refractivity contribution in [2.75, 3.05) is 0 Å². The molecule has 0 atom stereocenters. The number of benzene rings is 2. The second kappa shape index (κ2) is 5.92. The molecular weight excluding hydrogens is 266 g/mol. The highest BCUT2D eigenvalue weighted by molar-refractivity contribution is 7.98. The van der Waals surface area contributed by atoms with Gasteiger partial charge in [-0.25, -0.2) is 0 Å². The quantitative estimate of drug-likeness (QED) is 0.680. The second-order valence-electron chi connectivity index (χ2n) is 4.56. The first-order chi connectivity index (χ1) is 9.83. The molecule has 0 unspecified atom stereocenters. The monoisotopic (exact) mass is 281 g/mol. The summed E-state index contributed by atoms with van der Waals surface area (Å²) < 4.78 is 0. The van der Waals surface area contributed by atoms with Crippen LogP contribution in [-0.2, 0) is 5.75 Å². The third kappa shape index (κ3) is 2.91. The molecule has 2 aromatic carbocycles. The average Bonchev–Trinajstić information content (AvgIpc) is 3.01. The Kier molecular flexibility index (Phi) is 3.83. The molecule has 1 aromatic heterocycles. The standard InChI is InChI=1S/C16H15N3S/c1-13-7-8-16(15(11-13)19-17-9-10-18-19)20-12-14-5-3-2-4-6-14/h2-11H,12H2,1H3. The van der Waals surface area contributed by atoms with Gasteiger partial charge in [-0.3, -0.25) is 0 Å². The van der Waals surface area contributed by atoms with Crippen LogP contribution in [0.15, 0.2) is 65.8 Å². The van der Waals surface area contributed by atoms with E-state index in [4.69, 9.17) is 0 Å². The minimum absolute atomic E-state index is 0.943. The van der Waals surface area contributed by atoms with Gasteiger partial charge in [-0.05, 0) is 30.2 Å². The molecule has 4 heteroatoms. The van der Waals surface area contributed by atoms with E-state index in [2.05, 4.69) is 59.6 Å². The third-order valence-corrected chi connectivity index (χ3v) is 4.12. The van der Waals surface area contributed by atoms with Crippen LogP contribution in [0.5, 0.6) is 0 Å². The Morgan fingerprint density at radius 3 is 2.50 bits per heavy atom. The largest absolute Gasteiger partial charge is 0.157 e. The maximum atomic E-state index is 4.24. The van der Waals surface area contributed by atoms with E-state index in [0.717, 1.165) is 11.4 Å². The van der Waals surface area contributed by atoms with Crippen LogP contribution in [0.2, 0.25) is 0 Å². The van der Waals surface area contributed by atoms with E-state index in [9.17, 15) is 0 Å². The molecule has 3 aromatic rings. The summed E-state index contributed by atoms with van der Waals surface area (Å²) in [4.78, 5) is 2.87. The van der Waals surface area contributed by atoms with Crippen LogP contribution in [-0.4, -0.2) is 15.0 Å².